The van der Waals surface area contributed by atoms with E-state index in [1.54, 1.807) is 30.0 Å². The van der Waals surface area contributed by atoms with E-state index >= 15 is 0 Å². The fourth-order valence-electron chi connectivity index (χ4n) is 2.12. The molecule has 0 aliphatic carbocycles. The van der Waals surface area contributed by atoms with Crippen molar-refractivity contribution in [3.63, 3.8) is 0 Å². The molecule has 2 rings (SSSR count). The summed E-state index contributed by atoms with van der Waals surface area (Å²) >= 11 is 1.66. The summed E-state index contributed by atoms with van der Waals surface area (Å²) in [6.07, 6.45) is 0.484. The highest BCUT2D eigenvalue weighted by Gasteiger charge is 2.12. The lowest BCUT2D eigenvalue weighted by Gasteiger charge is -2.11. The Bertz CT molecular complexity index is 642. The van der Waals surface area contributed by atoms with E-state index in [1.807, 2.05) is 24.3 Å². The van der Waals surface area contributed by atoms with E-state index in [1.165, 1.54) is 6.07 Å². The second-order valence-corrected chi connectivity index (χ2v) is 6.88. The molecule has 0 fully saturated rings. The first kappa shape index (κ1) is 16.6. The van der Waals surface area contributed by atoms with Crippen molar-refractivity contribution in [3.05, 3.63) is 65.5 Å². The van der Waals surface area contributed by atoms with E-state index in [-0.39, 0.29) is 11.7 Å². The van der Waals surface area contributed by atoms with Crippen molar-refractivity contribution >= 4 is 17.7 Å². The maximum atomic E-state index is 13.5. The quantitative estimate of drug-likeness (QED) is 0.805. The van der Waals surface area contributed by atoms with Gasteiger partial charge in [-0.15, -0.1) is 11.8 Å². The fourth-order valence-corrected chi connectivity index (χ4v) is 3.07. The summed E-state index contributed by atoms with van der Waals surface area (Å²) in [6, 6.07) is 14.2. The molecule has 0 bridgehead atoms. The van der Waals surface area contributed by atoms with Crippen LogP contribution in [0.2, 0.25) is 0 Å². The molecule has 0 aliphatic rings. The van der Waals surface area contributed by atoms with Crippen molar-refractivity contribution < 1.29 is 9.18 Å². The molecule has 0 saturated carbocycles. The Kier molecular flexibility index (Phi) is 6.01. The van der Waals surface area contributed by atoms with Crippen molar-refractivity contribution in [1.82, 2.24) is 5.32 Å². The molecule has 0 saturated heterocycles. The molecule has 116 valence electrons. The molecule has 0 spiro atoms. The number of rotatable bonds is 6. The third-order valence-electron chi connectivity index (χ3n) is 3.13. The average Bonchev–Trinajstić information content (AvgIpc) is 2.49. The van der Waals surface area contributed by atoms with Crippen LogP contribution in [0.5, 0.6) is 0 Å². The minimum atomic E-state index is -0.229. The molecule has 0 atom stereocenters. The third-order valence-corrected chi connectivity index (χ3v) is 4.21. The smallest absolute Gasteiger partial charge is 0.252 e. The van der Waals surface area contributed by atoms with Gasteiger partial charge in [0, 0.05) is 16.7 Å². The van der Waals surface area contributed by atoms with Crippen LogP contribution in [0, 0.1) is 5.82 Å². The average molecular weight is 317 g/mol. The zero-order valence-electron chi connectivity index (χ0n) is 12.8. The molecule has 1 N–H and O–H groups in total. The van der Waals surface area contributed by atoms with Crippen LogP contribution in [-0.2, 0) is 6.42 Å². The number of hydrogen-bond donors (Lipinski definition) is 1. The Labute approximate surface area is 135 Å². The summed E-state index contributed by atoms with van der Waals surface area (Å²) in [5.41, 5.74) is 1.29. The minimum Gasteiger partial charge on any atom is -0.352 e. The number of carbonyl (C=O) groups excluding carboxylic acids is 1. The summed E-state index contributed by atoms with van der Waals surface area (Å²) in [5.74, 6) is -0.340. The molecule has 2 nitrogen and oxygen atoms in total. The van der Waals surface area contributed by atoms with Crippen LogP contribution in [0.25, 0.3) is 0 Å². The number of amides is 1. The van der Waals surface area contributed by atoms with E-state index in [0.717, 1.165) is 4.90 Å². The van der Waals surface area contributed by atoms with E-state index < -0.39 is 0 Å². The van der Waals surface area contributed by atoms with Crippen LogP contribution in [-0.4, -0.2) is 17.7 Å². The molecule has 0 heterocycles. The Hall–Kier alpha value is -1.81. The number of halogens is 1. The molecule has 0 radical (unpaired) electrons. The SMILES string of the molecule is CC(C)Sc1ccccc1C(=O)NCCc1ccccc1F. The Morgan fingerprint density at radius 3 is 2.55 bits per heavy atom. The molecule has 0 aliphatic heterocycles. The van der Waals surface area contributed by atoms with Crippen molar-refractivity contribution in [3.8, 4) is 0 Å². The van der Waals surface area contributed by atoms with Gasteiger partial charge in [0.05, 0.1) is 5.56 Å². The van der Waals surface area contributed by atoms with E-state index in [2.05, 4.69) is 19.2 Å². The summed E-state index contributed by atoms with van der Waals surface area (Å²) in [6.45, 7) is 4.61. The molecule has 2 aromatic rings. The third kappa shape index (κ3) is 4.60. The maximum absolute atomic E-state index is 13.5. The molecule has 22 heavy (non-hydrogen) atoms. The van der Waals surface area contributed by atoms with Crippen LogP contribution in [0.3, 0.4) is 0 Å². The molecular formula is C18H20FNOS. The van der Waals surface area contributed by atoms with Crippen molar-refractivity contribution in [2.45, 2.75) is 30.4 Å². The van der Waals surface area contributed by atoms with E-state index in [0.29, 0.717) is 29.3 Å². The maximum Gasteiger partial charge on any atom is 0.252 e. The zero-order valence-corrected chi connectivity index (χ0v) is 13.6. The van der Waals surface area contributed by atoms with Gasteiger partial charge in [0.2, 0.25) is 0 Å². The number of hydrogen-bond acceptors (Lipinski definition) is 2. The molecular weight excluding hydrogens is 297 g/mol. The van der Waals surface area contributed by atoms with Gasteiger partial charge in [-0.05, 0) is 30.2 Å². The highest BCUT2D eigenvalue weighted by atomic mass is 32.2. The normalized spacial score (nSPS) is 10.7. The van der Waals surface area contributed by atoms with Gasteiger partial charge in [0.25, 0.3) is 5.91 Å². The van der Waals surface area contributed by atoms with Gasteiger partial charge in [-0.1, -0.05) is 44.2 Å². The molecule has 0 unspecified atom stereocenters. The largest absolute Gasteiger partial charge is 0.352 e. The Morgan fingerprint density at radius 1 is 1.14 bits per heavy atom. The first-order chi connectivity index (χ1) is 10.6. The van der Waals surface area contributed by atoms with Gasteiger partial charge in [0.15, 0.2) is 0 Å². The van der Waals surface area contributed by atoms with Gasteiger partial charge in [-0.25, -0.2) is 4.39 Å². The highest BCUT2D eigenvalue weighted by Crippen LogP contribution is 2.26. The van der Waals surface area contributed by atoms with Crippen LogP contribution in [0.15, 0.2) is 53.4 Å². The Balaban J connectivity index is 1.97. The molecule has 0 aromatic heterocycles. The zero-order chi connectivity index (χ0) is 15.9. The lowest BCUT2D eigenvalue weighted by molar-refractivity contribution is 0.0951. The fraction of sp³-hybridized carbons (Fsp3) is 0.278. The lowest BCUT2D eigenvalue weighted by Crippen LogP contribution is -2.26. The van der Waals surface area contributed by atoms with E-state index in [9.17, 15) is 9.18 Å². The van der Waals surface area contributed by atoms with Gasteiger partial charge in [0.1, 0.15) is 5.82 Å². The molecule has 1 amide bonds. The molecule has 4 heteroatoms. The van der Waals surface area contributed by atoms with Crippen molar-refractivity contribution in [1.29, 1.82) is 0 Å². The van der Waals surface area contributed by atoms with Crippen LogP contribution >= 0.6 is 11.8 Å². The summed E-state index contributed by atoms with van der Waals surface area (Å²) in [7, 11) is 0. The second kappa shape index (κ2) is 7.99. The molecule has 2 aromatic carbocycles. The van der Waals surface area contributed by atoms with Gasteiger partial charge < -0.3 is 5.32 Å². The van der Waals surface area contributed by atoms with Crippen LogP contribution in [0.4, 0.5) is 4.39 Å². The highest BCUT2D eigenvalue weighted by molar-refractivity contribution is 8.00. The number of nitrogens with one attached hydrogen (secondary N) is 1. The number of thioether (sulfide) groups is 1. The summed E-state index contributed by atoms with van der Waals surface area (Å²) < 4.78 is 13.5. The number of benzene rings is 2. The lowest BCUT2D eigenvalue weighted by atomic mass is 10.1. The van der Waals surface area contributed by atoms with Gasteiger partial charge in [-0.3, -0.25) is 4.79 Å². The van der Waals surface area contributed by atoms with Crippen LogP contribution < -0.4 is 5.32 Å². The minimum absolute atomic E-state index is 0.111. The predicted octanol–water partition coefficient (Wildman–Crippen LogP) is 4.30. The van der Waals surface area contributed by atoms with Crippen molar-refractivity contribution in [2.24, 2.45) is 0 Å². The monoisotopic (exact) mass is 317 g/mol. The van der Waals surface area contributed by atoms with Crippen LogP contribution in [0.1, 0.15) is 29.8 Å². The summed E-state index contributed by atoms with van der Waals surface area (Å²) in [4.78, 5) is 13.3. The topological polar surface area (TPSA) is 29.1 Å². The standard InChI is InChI=1S/C18H20FNOS/c1-13(2)22-17-10-6-4-8-15(17)18(21)20-12-11-14-7-3-5-9-16(14)19/h3-10,13H,11-12H2,1-2H3,(H,20,21). The van der Waals surface area contributed by atoms with Gasteiger partial charge >= 0.3 is 0 Å². The van der Waals surface area contributed by atoms with Crippen molar-refractivity contribution in [2.75, 3.05) is 6.54 Å². The summed E-state index contributed by atoms with van der Waals surface area (Å²) in [5, 5.41) is 3.28. The van der Waals surface area contributed by atoms with E-state index in [4.69, 9.17) is 0 Å². The van der Waals surface area contributed by atoms with Gasteiger partial charge in [-0.2, -0.15) is 0 Å². The Morgan fingerprint density at radius 2 is 1.82 bits per heavy atom. The first-order valence-electron chi connectivity index (χ1n) is 7.35. The number of carbonyl (C=O) groups is 1. The first-order valence-corrected chi connectivity index (χ1v) is 8.23. The predicted molar refractivity (Wildman–Crippen MR) is 89.9 cm³/mol. The second-order valence-electron chi connectivity index (χ2n) is 5.26.